The van der Waals surface area contributed by atoms with Crippen LogP contribution >= 0.6 is 11.6 Å². The van der Waals surface area contributed by atoms with Crippen molar-refractivity contribution in [2.75, 3.05) is 19.8 Å². The molecule has 2 heterocycles. The molecule has 1 amide bonds. The van der Waals surface area contributed by atoms with E-state index in [1.54, 1.807) is 12.3 Å². The Hall–Kier alpha value is -2.38. The van der Waals surface area contributed by atoms with Crippen molar-refractivity contribution >= 4 is 23.5 Å². The van der Waals surface area contributed by atoms with Crippen LogP contribution in [0.3, 0.4) is 0 Å². The van der Waals surface area contributed by atoms with E-state index in [0.29, 0.717) is 23.3 Å². The van der Waals surface area contributed by atoms with Gasteiger partial charge in [-0.1, -0.05) is 23.7 Å². The van der Waals surface area contributed by atoms with Crippen LogP contribution in [0.15, 0.2) is 34.9 Å². The molecule has 2 aromatic rings. The molecule has 0 bridgehead atoms. The molecule has 0 unspecified atom stereocenters. The number of carboxylic acids is 1. The predicted molar refractivity (Wildman–Crippen MR) is 89.2 cm³/mol. The van der Waals surface area contributed by atoms with Gasteiger partial charge in [0.05, 0.1) is 24.4 Å². The van der Waals surface area contributed by atoms with Crippen molar-refractivity contribution in [1.29, 1.82) is 0 Å². The Bertz CT molecular complexity index is 776. The number of halogens is 1. The number of nitrogens with zero attached hydrogens (tertiary/aromatic N) is 2. The van der Waals surface area contributed by atoms with Crippen LogP contribution < -0.4 is 0 Å². The number of carboxylic acid groups (broad SMARTS) is 1. The summed E-state index contributed by atoms with van der Waals surface area (Å²) in [6.07, 6.45) is 1.97. The Labute approximate surface area is 149 Å². The van der Waals surface area contributed by atoms with Crippen LogP contribution in [-0.2, 0) is 20.7 Å². The lowest BCUT2D eigenvalue weighted by molar-refractivity contribution is -0.158. The third kappa shape index (κ3) is 4.00. The van der Waals surface area contributed by atoms with E-state index in [0.717, 1.165) is 5.56 Å². The van der Waals surface area contributed by atoms with Gasteiger partial charge in [-0.05, 0) is 12.1 Å². The topological polar surface area (TPSA) is 92.9 Å². The van der Waals surface area contributed by atoms with E-state index in [1.165, 1.54) is 4.90 Å². The minimum Gasteiger partial charge on any atom is -0.480 e. The molecule has 25 heavy (non-hydrogen) atoms. The maximum atomic E-state index is 12.3. The Morgan fingerprint density at radius 3 is 2.92 bits per heavy atom. The van der Waals surface area contributed by atoms with E-state index >= 15 is 0 Å². The normalized spacial score (nSPS) is 17.5. The monoisotopic (exact) mass is 364 g/mol. The van der Waals surface area contributed by atoms with Crippen molar-refractivity contribution in [1.82, 2.24) is 9.88 Å². The van der Waals surface area contributed by atoms with Gasteiger partial charge in [0, 0.05) is 24.9 Å². The molecule has 8 heteroatoms. The summed E-state index contributed by atoms with van der Waals surface area (Å²) in [6.45, 7) is 0.619. The summed E-state index contributed by atoms with van der Waals surface area (Å²) in [5.74, 6) is -0.385. The number of oxazole rings is 1. The molecule has 1 aromatic carbocycles. The van der Waals surface area contributed by atoms with Crippen molar-refractivity contribution < 1.29 is 23.8 Å². The number of rotatable bonds is 5. The summed E-state index contributed by atoms with van der Waals surface area (Å²) in [5.41, 5.74) is 0.730. The number of benzene rings is 1. The highest BCUT2D eigenvalue weighted by Gasteiger charge is 2.32. The highest BCUT2D eigenvalue weighted by Crippen LogP contribution is 2.28. The number of ether oxygens (including phenoxy) is 1. The maximum Gasteiger partial charge on any atom is 0.328 e. The van der Waals surface area contributed by atoms with Crippen molar-refractivity contribution in [3.8, 4) is 11.3 Å². The van der Waals surface area contributed by atoms with Crippen LogP contribution in [0.5, 0.6) is 0 Å². The van der Waals surface area contributed by atoms with Gasteiger partial charge in [-0.25, -0.2) is 9.78 Å². The fraction of sp³-hybridized carbons (Fsp3) is 0.353. The van der Waals surface area contributed by atoms with Crippen LogP contribution in [0, 0.1) is 0 Å². The predicted octanol–water partition coefficient (Wildman–Crippen LogP) is 2.24. The molecule has 1 N–H and O–H groups in total. The summed E-state index contributed by atoms with van der Waals surface area (Å²) < 4.78 is 10.8. The Balaban J connectivity index is 1.63. The van der Waals surface area contributed by atoms with E-state index in [4.69, 9.17) is 20.8 Å². The highest BCUT2D eigenvalue weighted by molar-refractivity contribution is 6.33. The number of hydrogen-bond acceptors (Lipinski definition) is 5. The number of carbonyl (C=O) groups excluding carboxylic acids is 1. The van der Waals surface area contributed by atoms with Gasteiger partial charge in [-0.15, -0.1) is 0 Å². The first-order chi connectivity index (χ1) is 12.1. The number of amides is 1. The van der Waals surface area contributed by atoms with Crippen LogP contribution in [0.4, 0.5) is 0 Å². The second-order valence-electron chi connectivity index (χ2n) is 5.61. The van der Waals surface area contributed by atoms with Crippen molar-refractivity contribution in [2.45, 2.75) is 18.9 Å². The zero-order valence-electron chi connectivity index (χ0n) is 13.4. The highest BCUT2D eigenvalue weighted by atomic mass is 35.5. The molecule has 1 aliphatic rings. The van der Waals surface area contributed by atoms with Crippen LogP contribution in [0.1, 0.15) is 12.3 Å². The van der Waals surface area contributed by atoms with Crippen LogP contribution in [-0.4, -0.2) is 52.7 Å². The number of aliphatic carboxylic acids is 1. The fourth-order valence-corrected chi connectivity index (χ4v) is 2.90. The zero-order chi connectivity index (χ0) is 17.8. The quantitative estimate of drug-likeness (QED) is 0.874. The second-order valence-corrected chi connectivity index (χ2v) is 6.02. The van der Waals surface area contributed by atoms with Crippen LogP contribution in [0.25, 0.3) is 11.3 Å². The third-order valence-corrected chi connectivity index (χ3v) is 4.31. The smallest absolute Gasteiger partial charge is 0.328 e. The lowest BCUT2D eigenvalue weighted by atomic mass is 10.2. The molecule has 1 fully saturated rings. The molecular formula is C17H17ClN2O5. The van der Waals surface area contributed by atoms with Gasteiger partial charge in [0.25, 0.3) is 0 Å². The van der Waals surface area contributed by atoms with Gasteiger partial charge in [0.15, 0.2) is 17.7 Å². The standard InChI is InChI=1S/C17H17ClN2O5/c18-12-4-2-1-3-11(12)14-9-19-15(25-14)5-6-16(21)20-7-8-24-10-13(20)17(22)23/h1-4,9,13H,5-8,10H2,(H,22,23)/t13-/m0/s1. The second kappa shape index (κ2) is 7.67. The molecule has 7 nitrogen and oxygen atoms in total. The van der Waals surface area contributed by atoms with Gasteiger partial charge in [0.2, 0.25) is 5.91 Å². The number of carbonyl (C=O) groups is 2. The Morgan fingerprint density at radius 2 is 2.16 bits per heavy atom. The Morgan fingerprint density at radius 1 is 1.36 bits per heavy atom. The molecule has 3 rings (SSSR count). The van der Waals surface area contributed by atoms with Gasteiger partial charge >= 0.3 is 5.97 Å². The molecule has 0 spiro atoms. The number of aromatic nitrogens is 1. The van der Waals surface area contributed by atoms with Crippen LogP contribution in [0.2, 0.25) is 5.02 Å². The molecule has 0 aliphatic carbocycles. The van der Waals surface area contributed by atoms with Gasteiger partial charge < -0.3 is 19.2 Å². The molecule has 0 saturated carbocycles. The first kappa shape index (κ1) is 17.4. The summed E-state index contributed by atoms with van der Waals surface area (Å²) in [5, 5.41) is 9.74. The molecule has 0 radical (unpaired) electrons. The average Bonchev–Trinajstić information content (AvgIpc) is 3.08. The van der Waals surface area contributed by atoms with Gasteiger partial charge in [-0.3, -0.25) is 4.79 Å². The van der Waals surface area contributed by atoms with Crippen molar-refractivity contribution in [2.24, 2.45) is 0 Å². The van der Waals surface area contributed by atoms with E-state index < -0.39 is 12.0 Å². The summed E-state index contributed by atoms with van der Waals surface area (Å²) in [7, 11) is 0. The van der Waals surface area contributed by atoms with Crippen molar-refractivity contribution in [3.63, 3.8) is 0 Å². The number of hydrogen-bond donors (Lipinski definition) is 1. The third-order valence-electron chi connectivity index (χ3n) is 3.98. The number of aryl methyl sites for hydroxylation is 1. The molecule has 1 aromatic heterocycles. The van der Waals surface area contributed by atoms with Gasteiger partial charge in [0.1, 0.15) is 0 Å². The minimum atomic E-state index is -1.06. The SMILES string of the molecule is O=C(O)[C@@H]1COCCN1C(=O)CCc1ncc(-c2ccccc2Cl)o1. The van der Waals surface area contributed by atoms with E-state index in [-0.39, 0.29) is 31.9 Å². The molecule has 1 aliphatic heterocycles. The maximum absolute atomic E-state index is 12.3. The summed E-state index contributed by atoms with van der Waals surface area (Å²) in [4.78, 5) is 29.1. The molecule has 1 atom stereocenters. The Kier molecular flexibility index (Phi) is 5.35. The van der Waals surface area contributed by atoms with Crippen molar-refractivity contribution in [3.05, 3.63) is 41.4 Å². The summed E-state index contributed by atoms with van der Waals surface area (Å²) in [6, 6.07) is 6.31. The first-order valence-electron chi connectivity index (χ1n) is 7.86. The molecule has 132 valence electrons. The largest absolute Gasteiger partial charge is 0.480 e. The minimum absolute atomic E-state index is 0.0106. The van der Waals surface area contributed by atoms with Gasteiger partial charge in [-0.2, -0.15) is 0 Å². The first-order valence-corrected chi connectivity index (χ1v) is 8.23. The fourth-order valence-electron chi connectivity index (χ4n) is 2.68. The molecular weight excluding hydrogens is 348 g/mol. The summed E-state index contributed by atoms with van der Waals surface area (Å²) >= 11 is 6.13. The van der Waals surface area contributed by atoms with E-state index in [2.05, 4.69) is 4.98 Å². The zero-order valence-corrected chi connectivity index (χ0v) is 14.1. The lowest BCUT2D eigenvalue weighted by Gasteiger charge is -2.32. The van der Waals surface area contributed by atoms with E-state index in [1.807, 2.05) is 18.2 Å². The van der Waals surface area contributed by atoms with E-state index in [9.17, 15) is 14.7 Å². The lowest BCUT2D eigenvalue weighted by Crippen LogP contribution is -2.52. The average molecular weight is 365 g/mol. The number of morpholine rings is 1. The molecule has 1 saturated heterocycles.